The number of anilines is 2. The number of nitrogen functional groups attached to an aromatic ring is 1. The third-order valence-corrected chi connectivity index (χ3v) is 1.86. The molecule has 0 aromatic carbocycles. The van der Waals surface area contributed by atoms with Crippen LogP contribution in [0.3, 0.4) is 0 Å². The zero-order chi connectivity index (χ0) is 10.1. The molecule has 0 unspecified atom stereocenters. The second-order valence-corrected chi connectivity index (χ2v) is 3.54. The molecular formula is C9H13N5. The maximum absolute atomic E-state index is 5.65. The highest BCUT2D eigenvalue weighted by Gasteiger charge is 2.07. The van der Waals surface area contributed by atoms with Crippen LogP contribution < -0.4 is 11.1 Å². The van der Waals surface area contributed by atoms with Crippen molar-refractivity contribution in [1.29, 1.82) is 0 Å². The van der Waals surface area contributed by atoms with Crippen LogP contribution in [0.5, 0.6) is 0 Å². The van der Waals surface area contributed by atoms with Gasteiger partial charge in [0.15, 0.2) is 11.5 Å². The summed E-state index contributed by atoms with van der Waals surface area (Å²) in [7, 11) is 0. The molecule has 2 aromatic rings. The number of pyridine rings is 1. The lowest BCUT2D eigenvalue weighted by atomic mass is 10.3. The van der Waals surface area contributed by atoms with E-state index in [1.807, 2.05) is 6.07 Å². The molecule has 4 N–H and O–H groups in total. The van der Waals surface area contributed by atoms with Gasteiger partial charge in [0.25, 0.3) is 0 Å². The van der Waals surface area contributed by atoms with Crippen LogP contribution in [0.25, 0.3) is 11.0 Å². The minimum Gasteiger partial charge on any atom is -0.397 e. The van der Waals surface area contributed by atoms with Gasteiger partial charge in [-0.1, -0.05) is 0 Å². The Morgan fingerprint density at radius 3 is 3.00 bits per heavy atom. The normalized spacial score (nSPS) is 11.1. The van der Waals surface area contributed by atoms with Crippen molar-refractivity contribution in [2.75, 3.05) is 11.1 Å². The van der Waals surface area contributed by atoms with E-state index < -0.39 is 0 Å². The SMILES string of the molecule is CC(C)Nc1n[nH]c2ncc(N)cc12. The number of nitrogens with one attached hydrogen (secondary N) is 2. The highest BCUT2D eigenvalue weighted by molar-refractivity contribution is 5.89. The Hall–Kier alpha value is -1.78. The summed E-state index contributed by atoms with van der Waals surface area (Å²) in [5, 5.41) is 11.1. The van der Waals surface area contributed by atoms with Gasteiger partial charge < -0.3 is 11.1 Å². The largest absolute Gasteiger partial charge is 0.397 e. The second kappa shape index (κ2) is 3.17. The number of hydrogen-bond acceptors (Lipinski definition) is 4. The number of aromatic amines is 1. The molecule has 0 bridgehead atoms. The number of fused-ring (bicyclic) bond motifs is 1. The zero-order valence-electron chi connectivity index (χ0n) is 8.20. The lowest BCUT2D eigenvalue weighted by Gasteiger charge is -2.05. The highest BCUT2D eigenvalue weighted by atomic mass is 15.2. The average molecular weight is 191 g/mol. The van der Waals surface area contributed by atoms with Gasteiger partial charge in [-0.05, 0) is 19.9 Å². The molecule has 2 rings (SSSR count). The molecule has 2 heterocycles. The third kappa shape index (κ3) is 1.48. The lowest BCUT2D eigenvalue weighted by molar-refractivity contribution is 0.886. The van der Waals surface area contributed by atoms with Gasteiger partial charge in [-0.15, -0.1) is 0 Å². The van der Waals surface area contributed by atoms with Crippen LogP contribution in [0.4, 0.5) is 11.5 Å². The van der Waals surface area contributed by atoms with Gasteiger partial charge in [-0.2, -0.15) is 5.10 Å². The first-order chi connectivity index (χ1) is 6.66. The number of rotatable bonds is 2. The fourth-order valence-electron chi connectivity index (χ4n) is 1.30. The molecular weight excluding hydrogens is 178 g/mol. The molecule has 2 aromatic heterocycles. The van der Waals surface area contributed by atoms with E-state index in [9.17, 15) is 0 Å². The standard InChI is InChI=1S/C9H13N5/c1-5(2)12-9-7-3-6(10)4-11-8(7)13-14-9/h3-5H,10H2,1-2H3,(H2,11,12,13,14). The fraction of sp³-hybridized carbons (Fsp3) is 0.333. The van der Waals surface area contributed by atoms with Crippen LogP contribution >= 0.6 is 0 Å². The van der Waals surface area contributed by atoms with Gasteiger partial charge in [0.2, 0.25) is 0 Å². The first-order valence-electron chi connectivity index (χ1n) is 4.53. The fourth-order valence-corrected chi connectivity index (χ4v) is 1.30. The Morgan fingerprint density at radius 1 is 1.50 bits per heavy atom. The van der Waals surface area contributed by atoms with Gasteiger partial charge in [0, 0.05) is 6.04 Å². The minimum atomic E-state index is 0.336. The van der Waals surface area contributed by atoms with Crippen molar-refractivity contribution in [1.82, 2.24) is 15.2 Å². The first-order valence-corrected chi connectivity index (χ1v) is 4.53. The molecule has 0 amide bonds. The summed E-state index contributed by atoms with van der Waals surface area (Å²) >= 11 is 0. The molecule has 5 heteroatoms. The van der Waals surface area contributed by atoms with E-state index in [2.05, 4.69) is 34.3 Å². The van der Waals surface area contributed by atoms with Crippen molar-refractivity contribution >= 4 is 22.5 Å². The molecule has 0 aliphatic heterocycles. The Balaban J connectivity index is 2.50. The van der Waals surface area contributed by atoms with Crippen LogP contribution in [0, 0.1) is 0 Å². The van der Waals surface area contributed by atoms with Crippen molar-refractivity contribution in [2.24, 2.45) is 0 Å². The van der Waals surface area contributed by atoms with Crippen LogP contribution in [0.1, 0.15) is 13.8 Å². The molecule has 74 valence electrons. The molecule has 0 spiro atoms. The van der Waals surface area contributed by atoms with Crippen molar-refractivity contribution in [2.45, 2.75) is 19.9 Å². The highest BCUT2D eigenvalue weighted by Crippen LogP contribution is 2.20. The number of nitrogens with two attached hydrogens (primary N) is 1. The number of nitrogens with zero attached hydrogens (tertiary/aromatic N) is 2. The van der Waals surface area contributed by atoms with E-state index in [-0.39, 0.29) is 0 Å². The summed E-state index contributed by atoms with van der Waals surface area (Å²) in [5.74, 6) is 0.801. The van der Waals surface area contributed by atoms with Crippen LogP contribution in [-0.2, 0) is 0 Å². The zero-order valence-corrected chi connectivity index (χ0v) is 8.20. The Kier molecular flexibility index (Phi) is 1.99. The quantitative estimate of drug-likeness (QED) is 0.669. The van der Waals surface area contributed by atoms with Crippen molar-refractivity contribution < 1.29 is 0 Å². The Bertz CT molecular complexity index is 445. The van der Waals surface area contributed by atoms with E-state index in [0.717, 1.165) is 16.9 Å². The van der Waals surface area contributed by atoms with E-state index in [0.29, 0.717) is 11.7 Å². The molecule has 0 saturated heterocycles. The number of aromatic nitrogens is 3. The van der Waals surface area contributed by atoms with Crippen molar-refractivity contribution in [3.05, 3.63) is 12.3 Å². The van der Waals surface area contributed by atoms with E-state index >= 15 is 0 Å². The predicted octanol–water partition coefficient (Wildman–Crippen LogP) is 1.36. The molecule has 0 saturated carbocycles. The van der Waals surface area contributed by atoms with E-state index in [1.165, 1.54) is 0 Å². The summed E-state index contributed by atoms with van der Waals surface area (Å²) < 4.78 is 0. The maximum Gasteiger partial charge on any atom is 0.157 e. The molecule has 0 fully saturated rings. The molecule has 14 heavy (non-hydrogen) atoms. The third-order valence-electron chi connectivity index (χ3n) is 1.86. The predicted molar refractivity (Wildman–Crippen MR) is 57.1 cm³/mol. The monoisotopic (exact) mass is 191 g/mol. The Labute approximate surface area is 81.7 Å². The number of hydrogen-bond donors (Lipinski definition) is 3. The van der Waals surface area contributed by atoms with Crippen LogP contribution in [0.15, 0.2) is 12.3 Å². The summed E-state index contributed by atoms with van der Waals surface area (Å²) in [4.78, 5) is 4.13. The molecule has 0 aliphatic rings. The van der Waals surface area contributed by atoms with E-state index in [4.69, 9.17) is 5.73 Å². The second-order valence-electron chi connectivity index (χ2n) is 3.54. The molecule has 0 radical (unpaired) electrons. The first kappa shape index (κ1) is 8.80. The molecule has 0 aliphatic carbocycles. The topological polar surface area (TPSA) is 79.6 Å². The van der Waals surface area contributed by atoms with Crippen LogP contribution in [-0.4, -0.2) is 21.2 Å². The molecule has 5 nitrogen and oxygen atoms in total. The summed E-state index contributed by atoms with van der Waals surface area (Å²) in [6, 6.07) is 2.19. The Morgan fingerprint density at radius 2 is 2.29 bits per heavy atom. The summed E-state index contributed by atoms with van der Waals surface area (Å²) in [6.07, 6.45) is 1.61. The number of H-pyrrole nitrogens is 1. The van der Waals surface area contributed by atoms with Crippen LogP contribution in [0.2, 0.25) is 0 Å². The summed E-state index contributed by atoms with van der Waals surface area (Å²) in [5.41, 5.74) is 7.05. The smallest absolute Gasteiger partial charge is 0.157 e. The van der Waals surface area contributed by atoms with Gasteiger partial charge >= 0.3 is 0 Å². The van der Waals surface area contributed by atoms with Crippen molar-refractivity contribution in [3.63, 3.8) is 0 Å². The lowest BCUT2D eigenvalue weighted by Crippen LogP contribution is -2.10. The van der Waals surface area contributed by atoms with Gasteiger partial charge in [0.05, 0.1) is 17.3 Å². The van der Waals surface area contributed by atoms with E-state index in [1.54, 1.807) is 6.20 Å². The van der Waals surface area contributed by atoms with Gasteiger partial charge in [-0.25, -0.2) is 4.98 Å². The van der Waals surface area contributed by atoms with Gasteiger partial charge in [0.1, 0.15) is 0 Å². The summed E-state index contributed by atoms with van der Waals surface area (Å²) in [6.45, 7) is 4.11. The maximum atomic E-state index is 5.65. The average Bonchev–Trinajstić information content (AvgIpc) is 2.47. The minimum absolute atomic E-state index is 0.336. The van der Waals surface area contributed by atoms with Crippen molar-refractivity contribution in [3.8, 4) is 0 Å². The molecule has 0 atom stereocenters. The van der Waals surface area contributed by atoms with Gasteiger partial charge in [-0.3, -0.25) is 5.10 Å².